The van der Waals surface area contributed by atoms with Crippen molar-refractivity contribution in [1.82, 2.24) is 4.57 Å². The number of aromatic nitrogens is 1. The molecule has 0 N–H and O–H groups in total. The second-order valence-electron chi connectivity index (χ2n) is 3.93. The Kier molecular flexibility index (Phi) is 4.90. The van der Waals surface area contributed by atoms with Gasteiger partial charge in [-0.1, -0.05) is 6.07 Å². The van der Waals surface area contributed by atoms with Crippen LogP contribution in [0.25, 0.3) is 0 Å². The molecule has 0 aliphatic rings. The first kappa shape index (κ1) is 13.4. The minimum Gasteiger partial charge on any atom is -0.459 e. The number of carbonyl (C=O) groups is 1. The average molecular weight is 239 g/mol. The fourth-order valence-electron chi connectivity index (χ4n) is 1.44. The van der Waals surface area contributed by atoms with Crippen LogP contribution in [0.4, 0.5) is 0 Å². The van der Waals surface area contributed by atoms with Gasteiger partial charge in [0.2, 0.25) is 0 Å². The van der Waals surface area contributed by atoms with E-state index in [0.717, 1.165) is 5.56 Å². The number of ether oxygens (including phenoxy) is 2. The van der Waals surface area contributed by atoms with Gasteiger partial charge in [-0.05, 0) is 19.4 Å². The molecule has 94 valence electrons. The lowest BCUT2D eigenvalue weighted by molar-refractivity contribution is -0.151. The van der Waals surface area contributed by atoms with Crippen LogP contribution in [0.3, 0.4) is 0 Å². The first-order valence-electron chi connectivity index (χ1n) is 5.38. The maximum Gasteiger partial charge on any atom is 0.326 e. The van der Waals surface area contributed by atoms with Crippen LogP contribution in [0.15, 0.2) is 23.1 Å². The molecule has 17 heavy (non-hydrogen) atoms. The lowest BCUT2D eigenvalue weighted by Gasteiger charge is -2.12. The zero-order valence-electron chi connectivity index (χ0n) is 10.3. The number of aryl methyl sites for hydroxylation is 1. The second-order valence-corrected chi connectivity index (χ2v) is 3.93. The van der Waals surface area contributed by atoms with Gasteiger partial charge in [0, 0.05) is 19.4 Å². The maximum atomic E-state index is 11.5. The van der Waals surface area contributed by atoms with Crippen LogP contribution in [-0.2, 0) is 20.8 Å². The minimum atomic E-state index is -0.442. The molecule has 0 radical (unpaired) electrons. The van der Waals surface area contributed by atoms with E-state index in [-0.39, 0.29) is 18.2 Å². The van der Waals surface area contributed by atoms with Gasteiger partial charge in [-0.3, -0.25) is 9.59 Å². The van der Waals surface area contributed by atoms with E-state index in [2.05, 4.69) is 0 Å². The maximum absolute atomic E-state index is 11.5. The molecule has 0 bridgehead atoms. The highest BCUT2D eigenvalue weighted by molar-refractivity contribution is 5.69. The van der Waals surface area contributed by atoms with Gasteiger partial charge in [0.05, 0.1) is 6.61 Å². The van der Waals surface area contributed by atoms with Gasteiger partial charge in [0.15, 0.2) is 0 Å². The lowest BCUT2D eigenvalue weighted by atomic mass is 10.3. The predicted molar refractivity (Wildman–Crippen MR) is 62.9 cm³/mol. The van der Waals surface area contributed by atoms with Crippen molar-refractivity contribution in [3.05, 3.63) is 34.2 Å². The summed E-state index contributed by atoms with van der Waals surface area (Å²) < 4.78 is 11.2. The number of methoxy groups -OCH3 is 1. The Morgan fingerprint density at radius 1 is 1.47 bits per heavy atom. The molecular weight excluding hydrogens is 222 g/mol. The van der Waals surface area contributed by atoms with Crippen LogP contribution in [0.2, 0.25) is 0 Å². The van der Waals surface area contributed by atoms with Gasteiger partial charge in [0.25, 0.3) is 5.56 Å². The Morgan fingerprint density at radius 3 is 2.82 bits per heavy atom. The third-order valence-electron chi connectivity index (χ3n) is 2.16. The van der Waals surface area contributed by atoms with E-state index in [4.69, 9.17) is 9.47 Å². The molecule has 1 unspecified atom stereocenters. The summed E-state index contributed by atoms with van der Waals surface area (Å²) in [5.41, 5.74) is 0.703. The first-order chi connectivity index (χ1) is 8.02. The summed E-state index contributed by atoms with van der Waals surface area (Å²) in [5, 5.41) is 0. The molecule has 0 fully saturated rings. The SMILES string of the molecule is COCC(C)OC(=O)Cn1cc(C)ccc1=O. The quantitative estimate of drug-likeness (QED) is 0.711. The van der Waals surface area contributed by atoms with Crippen molar-refractivity contribution in [3.8, 4) is 0 Å². The number of nitrogens with zero attached hydrogens (tertiary/aromatic N) is 1. The van der Waals surface area contributed by atoms with Crippen molar-refractivity contribution in [2.45, 2.75) is 26.5 Å². The van der Waals surface area contributed by atoms with Crippen LogP contribution in [0.5, 0.6) is 0 Å². The van der Waals surface area contributed by atoms with Crippen molar-refractivity contribution in [2.24, 2.45) is 0 Å². The highest BCUT2D eigenvalue weighted by Gasteiger charge is 2.10. The Balaban J connectivity index is 2.62. The summed E-state index contributed by atoms with van der Waals surface area (Å²) in [6.07, 6.45) is 1.32. The van der Waals surface area contributed by atoms with E-state index >= 15 is 0 Å². The number of rotatable bonds is 5. The molecule has 0 saturated heterocycles. The Morgan fingerprint density at radius 2 is 2.18 bits per heavy atom. The van der Waals surface area contributed by atoms with E-state index in [9.17, 15) is 9.59 Å². The Labute approximate surface area is 100.0 Å². The van der Waals surface area contributed by atoms with Crippen LogP contribution in [0.1, 0.15) is 12.5 Å². The average Bonchev–Trinajstić information content (AvgIpc) is 2.23. The highest BCUT2D eigenvalue weighted by Crippen LogP contribution is 1.96. The molecule has 1 aromatic heterocycles. The monoisotopic (exact) mass is 239 g/mol. The molecule has 0 saturated carbocycles. The summed E-state index contributed by atoms with van der Waals surface area (Å²) >= 11 is 0. The molecule has 0 spiro atoms. The number of hydrogen-bond acceptors (Lipinski definition) is 4. The largest absolute Gasteiger partial charge is 0.459 e. The smallest absolute Gasteiger partial charge is 0.326 e. The standard InChI is InChI=1S/C12H17NO4/c1-9-4-5-11(14)13(6-9)7-12(15)17-10(2)8-16-3/h4-6,10H,7-8H2,1-3H3. The Bertz CT molecular complexity index is 438. The summed E-state index contributed by atoms with van der Waals surface area (Å²) in [4.78, 5) is 23.0. The van der Waals surface area contributed by atoms with E-state index in [1.54, 1.807) is 19.2 Å². The minimum absolute atomic E-state index is 0.0748. The number of hydrogen-bond donors (Lipinski definition) is 0. The fraction of sp³-hybridized carbons (Fsp3) is 0.500. The van der Waals surface area contributed by atoms with Crippen molar-refractivity contribution in [3.63, 3.8) is 0 Å². The molecule has 1 heterocycles. The molecular formula is C12H17NO4. The normalized spacial score (nSPS) is 12.2. The highest BCUT2D eigenvalue weighted by atomic mass is 16.6. The summed E-state index contributed by atoms with van der Waals surface area (Å²) in [6.45, 7) is 3.86. The molecule has 1 rings (SSSR count). The van der Waals surface area contributed by atoms with Crippen molar-refractivity contribution in [1.29, 1.82) is 0 Å². The zero-order valence-corrected chi connectivity index (χ0v) is 10.3. The molecule has 5 heteroatoms. The van der Waals surface area contributed by atoms with Crippen LogP contribution in [0, 0.1) is 6.92 Å². The van der Waals surface area contributed by atoms with Gasteiger partial charge in [0.1, 0.15) is 12.6 Å². The molecule has 0 aromatic carbocycles. The van der Waals surface area contributed by atoms with Crippen LogP contribution >= 0.6 is 0 Å². The van der Waals surface area contributed by atoms with Gasteiger partial charge in [-0.2, -0.15) is 0 Å². The van der Waals surface area contributed by atoms with Gasteiger partial charge >= 0.3 is 5.97 Å². The van der Waals surface area contributed by atoms with Gasteiger partial charge in [-0.15, -0.1) is 0 Å². The molecule has 1 aromatic rings. The van der Waals surface area contributed by atoms with Crippen LogP contribution < -0.4 is 5.56 Å². The number of carbonyl (C=O) groups excluding carboxylic acids is 1. The van der Waals surface area contributed by atoms with E-state index in [1.165, 1.54) is 17.7 Å². The fourth-order valence-corrected chi connectivity index (χ4v) is 1.44. The van der Waals surface area contributed by atoms with Gasteiger partial charge < -0.3 is 14.0 Å². The third kappa shape index (κ3) is 4.40. The van der Waals surface area contributed by atoms with Crippen LogP contribution in [-0.4, -0.2) is 30.4 Å². The summed E-state index contributed by atoms with van der Waals surface area (Å²) in [5.74, 6) is -0.442. The molecule has 0 amide bonds. The third-order valence-corrected chi connectivity index (χ3v) is 2.16. The summed E-state index contributed by atoms with van der Waals surface area (Å²) in [7, 11) is 1.54. The second kappa shape index (κ2) is 6.20. The van der Waals surface area contributed by atoms with Crippen molar-refractivity contribution >= 4 is 5.97 Å². The molecule has 5 nitrogen and oxygen atoms in total. The topological polar surface area (TPSA) is 57.5 Å². The van der Waals surface area contributed by atoms with E-state index < -0.39 is 5.97 Å². The molecule has 0 aliphatic carbocycles. The summed E-state index contributed by atoms with van der Waals surface area (Å²) in [6, 6.07) is 3.14. The molecule has 0 aliphatic heterocycles. The van der Waals surface area contributed by atoms with E-state index in [1.807, 2.05) is 6.92 Å². The van der Waals surface area contributed by atoms with Gasteiger partial charge in [-0.25, -0.2) is 0 Å². The van der Waals surface area contributed by atoms with Crippen molar-refractivity contribution < 1.29 is 14.3 Å². The first-order valence-corrected chi connectivity index (χ1v) is 5.38. The zero-order chi connectivity index (χ0) is 12.8. The molecule has 1 atom stereocenters. The number of esters is 1. The lowest BCUT2D eigenvalue weighted by Crippen LogP contribution is -2.27. The number of pyridine rings is 1. The predicted octanol–water partition coefficient (Wildman–Crippen LogP) is 0.735. The Hall–Kier alpha value is -1.62. The van der Waals surface area contributed by atoms with Crippen molar-refractivity contribution in [2.75, 3.05) is 13.7 Å². The van der Waals surface area contributed by atoms with E-state index in [0.29, 0.717) is 6.61 Å².